The van der Waals surface area contributed by atoms with Gasteiger partial charge >= 0.3 is 0 Å². The first-order valence-corrected chi connectivity index (χ1v) is 10.8. The molecule has 2 bridgehead atoms. The minimum atomic E-state index is -1.34. The molecule has 3 saturated carbocycles. The van der Waals surface area contributed by atoms with Crippen LogP contribution in [-0.2, 0) is 14.4 Å². The zero-order valence-electron chi connectivity index (χ0n) is 16.5. The summed E-state index contributed by atoms with van der Waals surface area (Å²) in [6.07, 6.45) is 6.08. The molecule has 1 unspecified atom stereocenters. The zero-order valence-corrected chi connectivity index (χ0v) is 17.3. The molecule has 5 aliphatic rings. The summed E-state index contributed by atoms with van der Waals surface area (Å²) < 4.78 is 0. The molecule has 0 aromatic carbocycles. The summed E-state index contributed by atoms with van der Waals surface area (Å²) in [5, 5.41) is 22.6. The molecule has 2 heterocycles. The molecule has 8 nitrogen and oxygen atoms in total. The van der Waals surface area contributed by atoms with Crippen LogP contribution in [0.3, 0.4) is 0 Å². The summed E-state index contributed by atoms with van der Waals surface area (Å²) >= 11 is 0. The molecule has 1 spiro atoms. The van der Waals surface area contributed by atoms with Gasteiger partial charge in [0.15, 0.2) is 6.10 Å². The first kappa shape index (κ1) is 20.9. The molecule has 0 radical (unpaired) electrons. The molecule has 162 valence electrons. The average Bonchev–Trinajstić information content (AvgIpc) is 3.51. The van der Waals surface area contributed by atoms with Crippen LogP contribution >= 0.6 is 12.4 Å². The van der Waals surface area contributed by atoms with Crippen LogP contribution in [0.1, 0.15) is 51.4 Å². The van der Waals surface area contributed by atoms with Crippen molar-refractivity contribution in [3.05, 3.63) is 0 Å². The molecular formula is C20H31ClN4O4. The van der Waals surface area contributed by atoms with Crippen molar-refractivity contribution < 1.29 is 19.5 Å². The van der Waals surface area contributed by atoms with E-state index in [4.69, 9.17) is 0 Å². The Morgan fingerprint density at radius 3 is 2.59 bits per heavy atom. The molecule has 0 aromatic heterocycles. The van der Waals surface area contributed by atoms with E-state index in [-0.39, 0.29) is 48.6 Å². The molecule has 5 fully saturated rings. The Bertz CT molecular complexity index is 696. The van der Waals surface area contributed by atoms with Crippen LogP contribution in [-0.4, -0.2) is 59.6 Å². The monoisotopic (exact) mass is 426 g/mol. The third-order valence-corrected chi connectivity index (χ3v) is 7.57. The topological polar surface area (TPSA) is 120 Å². The molecule has 2 saturated heterocycles. The summed E-state index contributed by atoms with van der Waals surface area (Å²) in [6, 6.07) is -0.461. The normalized spacial score (nSPS) is 35.6. The predicted octanol–water partition coefficient (Wildman–Crippen LogP) is -0.411. The van der Waals surface area contributed by atoms with E-state index in [1.165, 1.54) is 19.3 Å². The second-order valence-corrected chi connectivity index (χ2v) is 9.61. The first-order valence-electron chi connectivity index (χ1n) is 10.8. The van der Waals surface area contributed by atoms with Gasteiger partial charge in [-0.25, -0.2) is 0 Å². The second-order valence-electron chi connectivity index (χ2n) is 9.61. The summed E-state index contributed by atoms with van der Waals surface area (Å²) in [5.41, 5.74) is 0.348. The minimum Gasteiger partial charge on any atom is -0.381 e. The highest BCUT2D eigenvalue weighted by molar-refractivity contribution is 5.87. The summed E-state index contributed by atoms with van der Waals surface area (Å²) in [4.78, 5) is 37.5. The molecule has 6 atom stereocenters. The number of piperidine rings is 1. The highest BCUT2D eigenvalue weighted by atomic mass is 35.5. The number of rotatable bonds is 7. The van der Waals surface area contributed by atoms with E-state index in [0.29, 0.717) is 30.3 Å². The zero-order chi connectivity index (χ0) is 19.5. The van der Waals surface area contributed by atoms with Crippen molar-refractivity contribution >= 4 is 30.1 Å². The van der Waals surface area contributed by atoms with Gasteiger partial charge in [0.05, 0.1) is 12.1 Å². The van der Waals surface area contributed by atoms with Crippen molar-refractivity contribution in [1.29, 1.82) is 0 Å². The van der Waals surface area contributed by atoms with E-state index in [9.17, 15) is 19.5 Å². The SMILES string of the molecule is Cl.O=C(NC1CC1)C(O)[C@H](C[C@@H]1CCNC1=O)NC(=O)[C@H]1N[C@H]2C[C@@H]1C1(CC1)C2. The number of carbonyl (C=O) groups is 3. The van der Waals surface area contributed by atoms with Crippen molar-refractivity contribution in [2.45, 2.75) is 81.6 Å². The highest BCUT2D eigenvalue weighted by Gasteiger charge is 2.62. The van der Waals surface area contributed by atoms with Gasteiger partial charge in [-0.2, -0.15) is 0 Å². The Morgan fingerprint density at radius 1 is 1.24 bits per heavy atom. The van der Waals surface area contributed by atoms with Crippen molar-refractivity contribution in [2.24, 2.45) is 17.3 Å². The molecule has 29 heavy (non-hydrogen) atoms. The van der Waals surface area contributed by atoms with E-state index >= 15 is 0 Å². The fourth-order valence-corrected chi connectivity index (χ4v) is 5.68. The van der Waals surface area contributed by atoms with Crippen LogP contribution in [0.5, 0.6) is 0 Å². The number of amides is 3. The minimum absolute atomic E-state index is 0. The molecule has 2 aliphatic heterocycles. The van der Waals surface area contributed by atoms with Gasteiger partial charge in [-0.15, -0.1) is 12.4 Å². The Morgan fingerprint density at radius 2 is 2.00 bits per heavy atom. The van der Waals surface area contributed by atoms with Crippen LogP contribution in [0.4, 0.5) is 0 Å². The summed E-state index contributed by atoms with van der Waals surface area (Å²) in [6.45, 7) is 0.602. The fourth-order valence-electron chi connectivity index (χ4n) is 5.68. The van der Waals surface area contributed by atoms with Crippen LogP contribution in [0, 0.1) is 17.3 Å². The van der Waals surface area contributed by atoms with Gasteiger partial charge in [0.2, 0.25) is 11.8 Å². The maximum Gasteiger partial charge on any atom is 0.251 e. The number of hydrogen-bond donors (Lipinski definition) is 5. The maximum atomic E-state index is 13.1. The molecule has 5 N–H and O–H groups in total. The number of aliphatic hydroxyl groups is 1. The van der Waals surface area contributed by atoms with Gasteiger partial charge < -0.3 is 26.4 Å². The van der Waals surface area contributed by atoms with Gasteiger partial charge in [0.25, 0.3) is 5.91 Å². The quantitative estimate of drug-likeness (QED) is 0.379. The third kappa shape index (κ3) is 3.99. The largest absolute Gasteiger partial charge is 0.381 e. The number of carbonyl (C=O) groups excluding carboxylic acids is 3. The summed E-state index contributed by atoms with van der Waals surface area (Å²) in [5.74, 6) is -0.586. The molecule has 9 heteroatoms. The Kier molecular flexibility index (Phi) is 5.55. The lowest BCUT2D eigenvalue weighted by Gasteiger charge is -2.32. The van der Waals surface area contributed by atoms with E-state index < -0.39 is 18.1 Å². The number of aliphatic hydroxyl groups excluding tert-OH is 1. The molecule has 0 aromatic rings. The van der Waals surface area contributed by atoms with Gasteiger partial charge in [0, 0.05) is 24.5 Å². The lowest BCUT2D eigenvalue weighted by molar-refractivity contribution is -0.134. The smallest absolute Gasteiger partial charge is 0.251 e. The number of fused-ring (bicyclic) bond motifs is 3. The van der Waals surface area contributed by atoms with Crippen LogP contribution in [0.25, 0.3) is 0 Å². The molecular weight excluding hydrogens is 396 g/mol. The lowest BCUT2D eigenvalue weighted by atomic mass is 9.85. The van der Waals surface area contributed by atoms with Gasteiger partial charge in [-0.05, 0) is 62.7 Å². The van der Waals surface area contributed by atoms with E-state index in [1.54, 1.807) is 0 Å². The third-order valence-electron chi connectivity index (χ3n) is 7.57. The van der Waals surface area contributed by atoms with Gasteiger partial charge in [0.1, 0.15) is 0 Å². The van der Waals surface area contributed by atoms with Crippen LogP contribution in [0.2, 0.25) is 0 Å². The standard InChI is InChI=1S/C20H30N4O4.ClH/c25-16(19(28)23-11-1-2-11)14(7-10-3-6-21-17(10)26)24-18(27)15-13-8-12(22-15)9-20(13)4-5-20;/h10-16,22,25H,1-9H2,(H,21,26)(H,23,28)(H,24,27);1H/t10-,12-,13-,14-,15-,16?;/m0./s1. The second kappa shape index (κ2) is 7.71. The molecule has 3 aliphatic carbocycles. The Hall–Kier alpha value is -1.38. The Labute approximate surface area is 176 Å². The van der Waals surface area contributed by atoms with Crippen molar-refractivity contribution in [3.8, 4) is 0 Å². The average molecular weight is 427 g/mol. The first-order chi connectivity index (χ1) is 13.4. The predicted molar refractivity (Wildman–Crippen MR) is 107 cm³/mol. The van der Waals surface area contributed by atoms with E-state index in [0.717, 1.165) is 19.3 Å². The van der Waals surface area contributed by atoms with Crippen molar-refractivity contribution in [2.75, 3.05) is 6.54 Å². The number of halogens is 1. The number of hydrogen-bond acceptors (Lipinski definition) is 5. The number of nitrogens with one attached hydrogen (secondary N) is 4. The van der Waals surface area contributed by atoms with Crippen LogP contribution in [0.15, 0.2) is 0 Å². The summed E-state index contributed by atoms with van der Waals surface area (Å²) in [7, 11) is 0. The fraction of sp³-hybridized carbons (Fsp3) is 0.850. The van der Waals surface area contributed by atoms with E-state index in [1.807, 2.05) is 0 Å². The highest BCUT2D eigenvalue weighted by Crippen LogP contribution is 2.64. The molecule has 3 amide bonds. The van der Waals surface area contributed by atoms with Crippen molar-refractivity contribution in [3.63, 3.8) is 0 Å². The Balaban J connectivity index is 0.00000205. The maximum absolute atomic E-state index is 13.1. The molecule has 5 rings (SSSR count). The van der Waals surface area contributed by atoms with Crippen LogP contribution < -0.4 is 21.3 Å². The van der Waals surface area contributed by atoms with Gasteiger partial charge in [-0.3, -0.25) is 14.4 Å². The van der Waals surface area contributed by atoms with Gasteiger partial charge in [-0.1, -0.05) is 0 Å². The van der Waals surface area contributed by atoms with Crippen molar-refractivity contribution in [1.82, 2.24) is 21.3 Å². The lowest BCUT2D eigenvalue weighted by Crippen LogP contribution is -2.57. The van der Waals surface area contributed by atoms with E-state index in [2.05, 4.69) is 21.3 Å².